The van der Waals surface area contributed by atoms with Crippen molar-refractivity contribution in [2.24, 2.45) is 0 Å². The van der Waals surface area contributed by atoms with Crippen LogP contribution in [0.15, 0.2) is 85.1 Å². The number of carbonyl (C=O) groups excluding carboxylic acids is 2. The van der Waals surface area contributed by atoms with E-state index in [9.17, 15) is 14.7 Å². The van der Waals surface area contributed by atoms with Crippen LogP contribution in [0.1, 0.15) is 56.0 Å². The van der Waals surface area contributed by atoms with Crippen LogP contribution in [0.5, 0.6) is 23.0 Å². The number of unbranched alkanes of at least 4 members (excludes halogenated alkanes) is 1. The van der Waals surface area contributed by atoms with Crippen molar-refractivity contribution in [3.05, 3.63) is 96.2 Å². The predicted octanol–water partition coefficient (Wildman–Crippen LogP) is 8.67. The molecule has 7 N–H and O–H groups in total. The molecule has 0 radical (unpaired) electrons. The number of ether oxygens (including phenoxy) is 3. The Morgan fingerprint density at radius 3 is 2.32 bits per heavy atom. The molecule has 3 amide bonds. The van der Waals surface area contributed by atoms with Crippen molar-refractivity contribution in [3.63, 3.8) is 0 Å². The van der Waals surface area contributed by atoms with Gasteiger partial charge >= 0.3 is 6.03 Å². The lowest BCUT2D eigenvalue weighted by Crippen LogP contribution is -2.25. The minimum absolute atomic E-state index is 0.167. The van der Waals surface area contributed by atoms with Gasteiger partial charge in [0.2, 0.25) is 0 Å². The Hall–Kier alpha value is -5.70. The lowest BCUT2D eigenvalue weighted by Gasteiger charge is -2.24. The first-order valence-corrected chi connectivity index (χ1v) is 19.4. The number of aliphatic hydroxyl groups excluding tert-OH is 2. The van der Waals surface area contributed by atoms with Gasteiger partial charge in [0.15, 0.2) is 5.75 Å². The van der Waals surface area contributed by atoms with E-state index >= 15 is 0 Å². The van der Waals surface area contributed by atoms with E-state index in [1.54, 1.807) is 55.8 Å². The highest BCUT2D eigenvalue weighted by Crippen LogP contribution is 2.40. The Bertz CT molecular complexity index is 2140. The number of hydrogen-bond donors (Lipinski definition) is 7. The predicted molar refractivity (Wildman–Crippen MR) is 225 cm³/mol. The van der Waals surface area contributed by atoms with E-state index in [0.29, 0.717) is 77.2 Å². The highest BCUT2D eigenvalue weighted by molar-refractivity contribution is 7.99. The van der Waals surface area contributed by atoms with Crippen LogP contribution in [0.4, 0.5) is 33.4 Å². The fraction of sp³-hybridized carbons (Fsp3) is 0.310. The number of rotatable bonds is 17. The number of pyridine rings is 1. The van der Waals surface area contributed by atoms with Gasteiger partial charge in [0, 0.05) is 47.6 Å². The number of aliphatic hydroxyl groups is 2. The third-order valence-corrected chi connectivity index (χ3v) is 9.31. The molecule has 5 rings (SSSR count). The summed E-state index contributed by atoms with van der Waals surface area (Å²) in [5.74, 6) is 2.26. The summed E-state index contributed by atoms with van der Waals surface area (Å²) >= 11 is 1.44. The normalized spacial score (nSPS) is 11.7. The van der Waals surface area contributed by atoms with Gasteiger partial charge in [-0.3, -0.25) is 4.79 Å². The molecule has 13 nitrogen and oxygen atoms in total. The second-order valence-electron chi connectivity index (χ2n) is 14.0. The molecule has 5 aromatic rings. The molecule has 296 valence electrons. The van der Waals surface area contributed by atoms with Crippen LogP contribution < -0.4 is 40.2 Å². The van der Waals surface area contributed by atoms with E-state index in [1.165, 1.54) is 19.1 Å². The second kappa shape index (κ2) is 19.2. The minimum atomic E-state index is -0.741. The molecule has 0 saturated heterocycles. The molecule has 0 aliphatic heterocycles. The lowest BCUT2D eigenvalue weighted by molar-refractivity contribution is 0.0857. The fourth-order valence-corrected chi connectivity index (χ4v) is 6.35. The number of methoxy groups -OCH3 is 2. The fourth-order valence-electron chi connectivity index (χ4n) is 5.97. The number of carbonyl (C=O) groups is 2. The molecular weight excluding hydrogens is 733 g/mol. The third-order valence-electron chi connectivity index (χ3n) is 8.89. The Morgan fingerprint density at radius 1 is 0.857 bits per heavy atom. The van der Waals surface area contributed by atoms with E-state index in [1.807, 2.05) is 42.7 Å². The van der Waals surface area contributed by atoms with Crippen LogP contribution in [0.25, 0.3) is 10.8 Å². The Balaban J connectivity index is 1.28. The van der Waals surface area contributed by atoms with Crippen molar-refractivity contribution in [2.75, 3.05) is 54.3 Å². The molecule has 0 spiro atoms. The number of nitrogens with one attached hydrogen (secondary N) is 5. The lowest BCUT2D eigenvalue weighted by atomic mass is 9.86. The number of anilines is 5. The van der Waals surface area contributed by atoms with Gasteiger partial charge in [0.05, 0.1) is 49.6 Å². The van der Waals surface area contributed by atoms with Crippen molar-refractivity contribution in [3.8, 4) is 23.0 Å². The molecule has 0 aliphatic carbocycles. The van der Waals surface area contributed by atoms with E-state index < -0.39 is 12.1 Å². The summed E-state index contributed by atoms with van der Waals surface area (Å²) in [6.07, 6.45) is 4.63. The quantitative estimate of drug-likeness (QED) is 0.0355. The van der Waals surface area contributed by atoms with Gasteiger partial charge in [-0.2, -0.15) is 0 Å². The van der Waals surface area contributed by atoms with Crippen LogP contribution in [-0.2, 0) is 5.41 Å². The summed E-state index contributed by atoms with van der Waals surface area (Å²) in [5.41, 5.74) is 3.81. The first-order valence-electron chi connectivity index (χ1n) is 18.2. The summed E-state index contributed by atoms with van der Waals surface area (Å²) in [6, 6.07) is 23.4. The van der Waals surface area contributed by atoms with E-state index in [2.05, 4.69) is 51.7 Å². The monoisotopic (exact) mass is 782 g/mol. The Morgan fingerprint density at radius 2 is 1.61 bits per heavy atom. The number of hydrogen-bond acceptors (Lipinski definition) is 11. The van der Waals surface area contributed by atoms with Crippen LogP contribution >= 0.6 is 11.9 Å². The Kier molecular flexibility index (Phi) is 14.3. The molecule has 0 fully saturated rings. The zero-order chi connectivity index (χ0) is 40.2. The molecule has 1 aromatic heterocycles. The van der Waals surface area contributed by atoms with Gasteiger partial charge in [-0.1, -0.05) is 57.0 Å². The van der Waals surface area contributed by atoms with Gasteiger partial charge in [0.25, 0.3) is 5.91 Å². The van der Waals surface area contributed by atoms with E-state index in [-0.39, 0.29) is 17.9 Å². The highest BCUT2D eigenvalue weighted by atomic mass is 32.2. The summed E-state index contributed by atoms with van der Waals surface area (Å²) < 4.78 is 20.9. The SMILES string of the molecule is COc1cc(Nc2cc(Oc3ccc(NC(=O)Nc4cc(C(C)(C)C)cc(NSC)c4OC)c4ccccc34)ccn2)ccc1C(=O)NCCCCC(O)CO. The van der Waals surface area contributed by atoms with Crippen molar-refractivity contribution in [2.45, 2.75) is 51.6 Å². The van der Waals surface area contributed by atoms with Crippen molar-refractivity contribution in [1.29, 1.82) is 0 Å². The average Bonchev–Trinajstić information content (AvgIpc) is 3.18. The minimum Gasteiger partial charge on any atom is -0.496 e. The van der Waals surface area contributed by atoms with Gasteiger partial charge < -0.3 is 50.4 Å². The van der Waals surface area contributed by atoms with Crippen molar-refractivity contribution >= 4 is 63.2 Å². The summed E-state index contributed by atoms with van der Waals surface area (Å²) in [4.78, 5) is 30.8. The van der Waals surface area contributed by atoms with Crippen LogP contribution in [0.3, 0.4) is 0 Å². The smallest absolute Gasteiger partial charge is 0.323 e. The largest absolute Gasteiger partial charge is 0.496 e. The maximum Gasteiger partial charge on any atom is 0.323 e. The average molecular weight is 783 g/mol. The number of urea groups is 1. The number of benzene rings is 4. The van der Waals surface area contributed by atoms with Gasteiger partial charge in [0.1, 0.15) is 23.1 Å². The molecule has 56 heavy (non-hydrogen) atoms. The van der Waals surface area contributed by atoms with Gasteiger partial charge in [-0.25, -0.2) is 9.78 Å². The van der Waals surface area contributed by atoms with Crippen molar-refractivity contribution in [1.82, 2.24) is 10.3 Å². The van der Waals surface area contributed by atoms with E-state index in [0.717, 1.165) is 22.0 Å². The number of nitrogens with zero attached hydrogens (tertiary/aromatic N) is 1. The van der Waals surface area contributed by atoms with Crippen molar-refractivity contribution < 1.29 is 34.0 Å². The summed E-state index contributed by atoms with van der Waals surface area (Å²) in [5, 5.41) is 32.1. The molecular formula is C42H50N6O7S. The third kappa shape index (κ3) is 10.7. The molecule has 0 bridgehead atoms. The highest BCUT2D eigenvalue weighted by Gasteiger charge is 2.21. The maximum atomic E-state index is 13.5. The van der Waals surface area contributed by atoms with Gasteiger partial charge in [-0.05, 0) is 72.7 Å². The molecule has 14 heteroatoms. The maximum absolute atomic E-state index is 13.5. The zero-order valence-corrected chi connectivity index (χ0v) is 33.3. The van der Waals surface area contributed by atoms with Crippen LogP contribution in [0, 0.1) is 0 Å². The number of amides is 3. The summed E-state index contributed by atoms with van der Waals surface area (Å²) in [7, 11) is 3.08. The Labute approximate surface area is 331 Å². The first-order chi connectivity index (χ1) is 26.9. The first kappa shape index (κ1) is 41.5. The van der Waals surface area contributed by atoms with Crippen LogP contribution in [0.2, 0.25) is 0 Å². The molecule has 1 atom stereocenters. The number of fused-ring (bicyclic) bond motifs is 1. The van der Waals surface area contributed by atoms with Gasteiger partial charge in [-0.15, -0.1) is 0 Å². The zero-order valence-electron chi connectivity index (χ0n) is 32.5. The van der Waals surface area contributed by atoms with E-state index in [4.69, 9.17) is 19.3 Å². The second-order valence-corrected chi connectivity index (χ2v) is 14.6. The summed E-state index contributed by atoms with van der Waals surface area (Å²) in [6.45, 7) is 6.50. The molecule has 1 unspecified atom stereocenters. The molecule has 1 heterocycles. The standard InChI is InChI=1S/C42H50N6O7S/c1-42(2,3)26-21-34(39(54-5)35(22-26)48-56-6)47-41(52)46-33-16-17-36(31-13-8-7-12-30(31)33)55-29-18-20-43-38(24-29)45-27-14-15-32(37(23-27)53-4)40(51)44-19-10-9-11-28(50)25-49/h7-8,12-18,20-24,28,48-50H,9-11,19,25H2,1-6H3,(H,43,45)(H,44,51)(H2,46,47,52). The van der Waals surface area contributed by atoms with Crippen LogP contribution in [-0.4, -0.2) is 66.9 Å². The topological polar surface area (TPSA) is 175 Å². The number of aromatic nitrogens is 1. The molecule has 0 saturated carbocycles. The molecule has 0 aliphatic rings. The molecule has 4 aromatic carbocycles.